The van der Waals surface area contributed by atoms with Crippen molar-refractivity contribution in [2.45, 2.75) is 43.7 Å². The van der Waals surface area contributed by atoms with Gasteiger partial charge in [-0.3, -0.25) is 9.69 Å². The summed E-state index contributed by atoms with van der Waals surface area (Å²) < 4.78 is 5.52. The Bertz CT molecular complexity index is 1120. The van der Waals surface area contributed by atoms with Crippen LogP contribution in [-0.4, -0.2) is 75.9 Å². The zero-order chi connectivity index (χ0) is 24.6. The summed E-state index contributed by atoms with van der Waals surface area (Å²) in [6, 6.07) is 8.58. The molecule has 3 N–H and O–H groups in total. The maximum Gasteiger partial charge on any atom is 0.340 e. The average Bonchev–Trinajstić information content (AvgIpc) is 3.19. The molecular formula is C24H27ClN2O6S. The van der Waals surface area contributed by atoms with E-state index in [4.69, 9.17) is 16.3 Å². The molecule has 1 aromatic carbocycles. The number of halogens is 1. The summed E-state index contributed by atoms with van der Waals surface area (Å²) in [7, 11) is 3.44. The molecule has 2 aromatic rings. The Kier molecular flexibility index (Phi) is 7.42. The molecule has 1 aliphatic heterocycles. The fourth-order valence-electron chi connectivity index (χ4n) is 4.28. The van der Waals surface area contributed by atoms with E-state index in [1.165, 1.54) is 17.4 Å². The monoisotopic (exact) mass is 506 g/mol. The molecule has 182 valence electrons. The number of hydrogen-bond donors (Lipinski definition) is 3. The predicted octanol–water partition coefficient (Wildman–Crippen LogP) is 1.91. The zero-order valence-electron chi connectivity index (χ0n) is 18.8. The van der Waals surface area contributed by atoms with Crippen LogP contribution >= 0.6 is 22.9 Å². The quantitative estimate of drug-likeness (QED) is 0.531. The Morgan fingerprint density at radius 2 is 1.97 bits per heavy atom. The number of aliphatic hydroxyl groups is 3. The van der Waals surface area contributed by atoms with Gasteiger partial charge >= 0.3 is 5.97 Å². The molecule has 1 aromatic heterocycles. The normalized spacial score (nSPS) is 23.6. The van der Waals surface area contributed by atoms with Crippen LogP contribution < -0.4 is 4.74 Å². The first-order valence-electron chi connectivity index (χ1n) is 10.9. The summed E-state index contributed by atoms with van der Waals surface area (Å²) in [5, 5.41) is 30.2. The van der Waals surface area contributed by atoms with E-state index in [1.54, 1.807) is 31.1 Å². The van der Waals surface area contributed by atoms with Gasteiger partial charge in [0.25, 0.3) is 0 Å². The molecule has 0 bridgehead atoms. The highest BCUT2D eigenvalue weighted by atomic mass is 35.5. The van der Waals surface area contributed by atoms with Crippen molar-refractivity contribution in [2.75, 3.05) is 20.6 Å². The summed E-state index contributed by atoms with van der Waals surface area (Å²) in [4.78, 5) is 30.4. The number of aliphatic hydroxyl groups excluding tert-OH is 3. The second-order valence-electron chi connectivity index (χ2n) is 8.73. The molecule has 0 saturated heterocycles. The third-order valence-electron chi connectivity index (χ3n) is 6.11. The van der Waals surface area contributed by atoms with Gasteiger partial charge in [0.05, 0.1) is 6.10 Å². The van der Waals surface area contributed by atoms with Crippen molar-refractivity contribution in [3.63, 3.8) is 0 Å². The van der Waals surface area contributed by atoms with Gasteiger partial charge in [-0.15, -0.1) is 11.3 Å². The van der Waals surface area contributed by atoms with E-state index in [9.17, 15) is 24.9 Å². The Hall–Kier alpha value is -2.27. The Morgan fingerprint density at radius 1 is 1.24 bits per heavy atom. The van der Waals surface area contributed by atoms with Crippen LogP contribution in [0.15, 0.2) is 42.0 Å². The number of fused-ring (bicyclic) bond motifs is 1. The molecule has 4 unspecified atom stereocenters. The van der Waals surface area contributed by atoms with Crippen molar-refractivity contribution in [3.8, 4) is 5.06 Å². The summed E-state index contributed by atoms with van der Waals surface area (Å²) >= 11 is 7.81. The van der Waals surface area contributed by atoms with Gasteiger partial charge in [0.2, 0.25) is 5.91 Å². The smallest absolute Gasteiger partial charge is 0.340 e. The van der Waals surface area contributed by atoms with Crippen LogP contribution in [0.1, 0.15) is 28.5 Å². The van der Waals surface area contributed by atoms with Crippen LogP contribution in [0.25, 0.3) is 0 Å². The number of esters is 1. The van der Waals surface area contributed by atoms with E-state index < -0.39 is 30.3 Å². The first-order chi connectivity index (χ1) is 16.2. The van der Waals surface area contributed by atoms with Gasteiger partial charge in [0, 0.05) is 49.1 Å². The number of hydrogen-bond acceptors (Lipinski definition) is 8. The zero-order valence-corrected chi connectivity index (χ0v) is 20.4. The van der Waals surface area contributed by atoms with Gasteiger partial charge in [-0.1, -0.05) is 29.8 Å². The van der Waals surface area contributed by atoms with E-state index in [-0.39, 0.29) is 17.9 Å². The number of amides is 1. The van der Waals surface area contributed by atoms with E-state index in [0.717, 1.165) is 16.0 Å². The number of nitrogens with zero attached hydrogens (tertiary/aromatic N) is 2. The van der Waals surface area contributed by atoms with Gasteiger partial charge in [-0.25, -0.2) is 4.79 Å². The van der Waals surface area contributed by atoms with Crippen LogP contribution in [0, 0.1) is 0 Å². The summed E-state index contributed by atoms with van der Waals surface area (Å²) in [5.74, 6) is -0.737. The van der Waals surface area contributed by atoms with Crippen LogP contribution in [0.2, 0.25) is 5.02 Å². The molecule has 0 spiro atoms. The van der Waals surface area contributed by atoms with E-state index >= 15 is 0 Å². The molecule has 4 atom stereocenters. The van der Waals surface area contributed by atoms with Crippen molar-refractivity contribution in [2.24, 2.45) is 0 Å². The third kappa shape index (κ3) is 5.05. The van der Waals surface area contributed by atoms with Gasteiger partial charge in [0.1, 0.15) is 18.2 Å². The molecule has 4 rings (SSSR count). The van der Waals surface area contributed by atoms with Crippen LogP contribution in [-0.2, 0) is 22.6 Å². The lowest BCUT2D eigenvalue weighted by atomic mass is 9.92. The van der Waals surface area contributed by atoms with E-state index in [2.05, 4.69) is 4.90 Å². The number of likely N-dealkylation sites (N-methyl/N-ethyl adjacent to an activating group) is 1. The molecule has 34 heavy (non-hydrogen) atoms. The second-order valence-corrected chi connectivity index (χ2v) is 10.2. The Balaban J connectivity index is 1.52. The summed E-state index contributed by atoms with van der Waals surface area (Å²) in [5.41, 5.74) is 1.83. The topological polar surface area (TPSA) is 111 Å². The van der Waals surface area contributed by atoms with Crippen molar-refractivity contribution in [1.29, 1.82) is 0 Å². The van der Waals surface area contributed by atoms with Crippen LogP contribution in [0.5, 0.6) is 5.06 Å². The van der Waals surface area contributed by atoms with Gasteiger partial charge in [-0.05, 0) is 35.8 Å². The highest BCUT2D eigenvalue weighted by molar-refractivity contribution is 7.14. The van der Waals surface area contributed by atoms with Crippen molar-refractivity contribution >= 4 is 34.8 Å². The van der Waals surface area contributed by atoms with Crippen molar-refractivity contribution < 1.29 is 29.6 Å². The largest absolute Gasteiger partial charge is 0.412 e. The molecule has 0 fully saturated rings. The molecule has 2 aliphatic rings. The maximum atomic E-state index is 13.1. The lowest BCUT2D eigenvalue weighted by Crippen LogP contribution is -2.42. The van der Waals surface area contributed by atoms with Crippen LogP contribution in [0.3, 0.4) is 0 Å². The van der Waals surface area contributed by atoms with Gasteiger partial charge in [-0.2, -0.15) is 0 Å². The number of carbonyl (C=O) groups excluding carboxylic acids is 2. The first kappa shape index (κ1) is 24.8. The highest BCUT2D eigenvalue weighted by Gasteiger charge is 2.35. The van der Waals surface area contributed by atoms with Crippen molar-refractivity contribution in [1.82, 2.24) is 9.80 Å². The molecule has 10 heteroatoms. The fourth-order valence-corrected chi connectivity index (χ4v) is 5.53. The average molecular weight is 507 g/mol. The summed E-state index contributed by atoms with van der Waals surface area (Å²) in [6.07, 6.45) is -2.08. The lowest BCUT2D eigenvalue weighted by Gasteiger charge is -2.35. The predicted molar refractivity (Wildman–Crippen MR) is 128 cm³/mol. The third-order valence-corrected chi connectivity index (χ3v) is 7.57. The number of rotatable bonds is 5. The number of benzene rings is 1. The standard InChI is InChI=1S/C24H27ClN2O6S/c1-26(2)23(31)21(15-5-3-4-6-16(15)25)27-8-7-19-14(12-27)11-20(34-19)33-24(32)13-9-17(28)22(30)18(29)10-13/h3-6,9,11,17-18,21-22,28-30H,7-8,10,12H2,1-2H3. The minimum absolute atomic E-state index is 0.0676. The molecule has 1 aliphatic carbocycles. The molecular weight excluding hydrogens is 480 g/mol. The minimum atomic E-state index is -1.33. The molecule has 0 saturated carbocycles. The van der Waals surface area contributed by atoms with Gasteiger partial charge < -0.3 is 25.0 Å². The van der Waals surface area contributed by atoms with Crippen LogP contribution in [0.4, 0.5) is 0 Å². The van der Waals surface area contributed by atoms with Gasteiger partial charge in [0.15, 0.2) is 5.06 Å². The van der Waals surface area contributed by atoms with E-state index in [1.807, 2.05) is 18.2 Å². The fraction of sp³-hybridized carbons (Fsp3) is 0.417. The minimum Gasteiger partial charge on any atom is -0.412 e. The number of ether oxygens (including phenoxy) is 1. The number of thiophene rings is 1. The molecule has 1 amide bonds. The van der Waals surface area contributed by atoms with Crippen molar-refractivity contribution in [3.05, 3.63) is 63.0 Å². The number of carbonyl (C=O) groups is 2. The highest BCUT2D eigenvalue weighted by Crippen LogP contribution is 2.38. The second kappa shape index (κ2) is 10.2. The molecule has 0 radical (unpaired) electrons. The Morgan fingerprint density at radius 3 is 2.65 bits per heavy atom. The Labute approximate surface area is 206 Å². The summed E-state index contributed by atoms with van der Waals surface area (Å²) in [6.45, 7) is 1.13. The first-order valence-corrected chi connectivity index (χ1v) is 12.1. The SMILES string of the molecule is CN(C)C(=O)C(c1ccccc1Cl)N1CCc2sc(OC(=O)C3=CC(O)C(O)C(O)C3)cc2C1. The van der Waals surface area contributed by atoms with E-state index in [0.29, 0.717) is 29.6 Å². The lowest BCUT2D eigenvalue weighted by molar-refractivity contribution is -0.135. The maximum absolute atomic E-state index is 13.1. The molecule has 8 nitrogen and oxygen atoms in total. The molecule has 2 heterocycles.